The number of methoxy groups -OCH3 is 1. The largest absolute Gasteiger partial charge is 0.688 e. The second kappa shape index (κ2) is 6.02. The van der Waals surface area contributed by atoms with Crippen LogP contribution in [0.2, 0.25) is 0 Å². The summed E-state index contributed by atoms with van der Waals surface area (Å²) in [5, 5.41) is 37.9. The Bertz CT molecular complexity index is 268. The standard InChI is InChI=1S/C8H17O9P/c1-16-8-6(12)4(10)5(11)7(17-8)3(9)2-18(13,14)15/h3-12H,2H2,1H3,(H2,13,14,15)/p-2/t3-,4-,5-,6-,7+,8+/m0/s1. The van der Waals surface area contributed by atoms with E-state index in [-0.39, 0.29) is 0 Å². The summed E-state index contributed by atoms with van der Waals surface area (Å²) in [6.45, 7) is 0. The van der Waals surface area contributed by atoms with E-state index >= 15 is 0 Å². The molecule has 0 amide bonds. The fourth-order valence-electron chi connectivity index (χ4n) is 1.72. The van der Waals surface area contributed by atoms with Gasteiger partial charge in [-0.1, -0.05) is 0 Å². The van der Waals surface area contributed by atoms with Crippen molar-refractivity contribution < 1.29 is 44.6 Å². The molecule has 18 heavy (non-hydrogen) atoms. The van der Waals surface area contributed by atoms with Gasteiger partial charge >= 0.3 is 0 Å². The molecule has 10 heteroatoms. The zero-order valence-electron chi connectivity index (χ0n) is 9.45. The average molecular weight is 286 g/mol. The van der Waals surface area contributed by atoms with Gasteiger partial charge in [-0.05, 0) is 0 Å². The molecule has 4 N–H and O–H groups in total. The predicted octanol–water partition coefficient (Wildman–Crippen LogP) is -5.36. The van der Waals surface area contributed by atoms with E-state index in [0.717, 1.165) is 7.11 Å². The summed E-state index contributed by atoms with van der Waals surface area (Å²) in [5.41, 5.74) is 0. The van der Waals surface area contributed by atoms with Crippen molar-refractivity contribution in [3.05, 3.63) is 0 Å². The van der Waals surface area contributed by atoms with Crippen LogP contribution >= 0.6 is 7.94 Å². The highest BCUT2D eigenvalue weighted by Gasteiger charge is 2.47. The molecule has 108 valence electrons. The first-order valence-corrected chi connectivity index (χ1v) is 6.81. The fourth-order valence-corrected chi connectivity index (χ4v) is 2.39. The van der Waals surface area contributed by atoms with E-state index in [2.05, 4.69) is 4.74 Å². The van der Waals surface area contributed by atoms with Crippen LogP contribution in [-0.2, 0) is 9.47 Å². The van der Waals surface area contributed by atoms with Gasteiger partial charge in [0.1, 0.15) is 30.5 Å². The molecule has 6 atom stereocenters. The second-order valence-corrected chi connectivity index (χ2v) is 5.62. The summed E-state index contributed by atoms with van der Waals surface area (Å²) in [6, 6.07) is 0. The van der Waals surface area contributed by atoms with Crippen molar-refractivity contribution in [1.29, 1.82) is 0 Å². The molecule has 9 nitrogen and oxygen atoms in total. The van der Waals surface area contributed by atoms with Crippen molar-refractivity contribution >= 4 is 7.94 Å². The maximum Gasteiger partial charge on any atom is 0.186 e. The molecule has 1 aliphatic heterocycles. The first-order chi connectivity index (χ1) is 8.17. The van der Waals surface area contributed by atoms with E-state index in [4.69, 9.17) is 4.74 Å². The third-order valence-corrected chi connectivity index (χ3v) is 3.45. The van der Waals surface area contributed by atoms with Crippen LogP contribution in [0.4, 0.5) is 0 Å². The van der Waals surface area contributed by atoms with Gasteiger partial charge in [0.05, 0.1) is 6.16 Å². The third kappa shape index (κ3) is 3.78. The molecule has 0 unspecified atom stereocenters. The number of rotatable bonds is 4. The van der Waals surface area contributed by atoms with E-state index in [1.165, 1.54) is 0 Å². The summed E-state index contributed by atoms with van der Waals surface area (Å²) < 4.78 is 9.56. The van der Waals surface area contributed by atoms with Crippen LogP contribution in [0.15, 0.2) is 0 Å². The third-order valence-electron chi connectivity index (χ3n) is 2.63. The monoisotopic (exact) mass is 286 g/mol. The molecule has 1 heterocycles. The maximum atomic E-state index is 10.5. The van der Waals surface area contributed by atoms with Gasteiger partial charge in [-0.15, -0.1) is 0 Å². The van der Waals surface area contributed by atoms with E-state index in [1.807, 2.05) is 0 Å². The summed E-state index contributed by atoms with van der Waals surface area (Å²) in [4.78, 5) is 31.6. The molecule has 1 aliphatic rings. The molecule has 0 bridgehead atoms. The Balaban J connectivity index is 2.75. The Labute approximate surface area is 103 Å². The van der Waals surface area contributed by atoms with Gasteiger partial charge < -0.3 is 44.6 Å². The number of aliphatic hydroxyl groups excluding tert-OH is 4. The predicted molar refractivity (Wildman–Crippen MR) is 51.5 cm³/mol. The normalized spacial score (nSPS) is 39.7. The van der Waals surface area contributed by atoms with Gasteiger partial charge in [-0.25, -0.2) is 0 Å². The molecule has 0 spiro atoms. The summed E-state index contributed by atoms with van der Waals surface area (Å²) in [6.07, 6.45) is -10.9. The Morgan fingerprint density at radius 1 is 1.17 bits per heavy atom. The molecular weight excluding hydrogens is 271 g/mol. The first kappa shape index (κ1) is 16.1. The highest BCUT2D eigenvalue weighted by molar-refractivity contribution is 7.54. The van der Waals surface area contributed by atoms with Gasteiger partial charge in [-0.2, -0.15) is 7.94 Å². The second-order valence-electron chi connectivity index (χ2n) is 4.04. The van der Waals surface area contributed by atoms with Crippen molar-refractivity contribution in [2.24, 2.45) is 0 Å². The van der Waals surface area contributed by atoms with Crippen LogP contribution < -0.4 is 14.7 Å². The Morgan fingerprint density at radius 3 is 2.17 bits per heavy atom. The maximum absolute atomic E-state index is 10.5. The molecule has 0 aliphatic carbocycles. The molecule has 1 rings (SSSR count). The average Bonchev–Trinajstić information content (AvgIpc) is 2.24. The van der Waals surface area contributed by atoms with Gasteiger partial charge in [-0.3, -0.25) is 0 Å². The van der Waals surface area contributed by atoms with Gasteiger partial charge in [0.15, 0.2) is 6.29 Å². The highest BCUT2D eigenvalue weighted by atomic mass is 31.2. The molecule has 0 aromatic heterocycles. The van der Waals surface area contributed by atoms with E-state index in [0.29, 0.717) is 0 Å². The fraction of sp³-hybridized carbons (Fsp3) is 1.00. The minimum atomic E-state index is -5.00. The van der Waals surface area contributed by atoms with Crippen LogP contribution in [0.1, 0.15) is 0 Å². The van der Waals surface area contributed by atoms with Crippen LogP contribution in [-0.4, -0.2) is 70.5 Å². The van der Waals surface area contributed by atoms with Crippen molar-refractivity contribution in [3.63, 3.8) is 0 Å². The van der Waals surface area contributed by atoms with Crippen molar-refractivity contribution in [3.8, 4) is 0 Å². The zero-order valence-corrected chi connectivity index (χ0v) is 10.3. The molecule has 0 saturated carbocycles. The lowest BCUT2D eigenvalue weighted by atomic mass is 9.96. The van der Waals surface area contributed by atoms with E-state index < -0.39 is 50.9 Å². The van der Waals surface area contributed by atoms with Crippen LogP contribution in [0.3, 0.4) is 0 Å². The van der Waals surface area contributed by atoms with Gasteiger partial charge in [0.25, 0.3) is 0 Å². The lowest BCUT2D eigenvalue weighted by Crippen LogP contribution is -2.62. The minimum absolute atomic E-state index is 1.15. The molecule has 0 aromatic carbocycles. The quantitative estimate of drug-likeness (QED) is 0.368. The van der Waals surface area contributed by atoms with E-state index in [1.54, 1.807) is 0 Å². The van der Waals surface area contributed by atoms with Crippen LogP contribution in [0, 0.1) is 0 Å². The van der Waals surface area contributed by atoms with Gasteiger partial charge in [0, 0.05) is 7.11 Å². The van der Waals surface area contributed by atoms with E-state index in [9.17, 15) is 35.1 Å². The topological polar surface area (TPSA) is 169 Å². The number of hydrogen-bond donors (Lipinski definition) is 4. The Hall–Kier alpha value is 0.0700. The van der Waals surface area contributed by atoms with Crippen LogP contribution in [0.5, 0.6) is 0 Å². The lowest BCUT2D eigenvalue weighted by molar-refractivity contribution is -0.429. The molecule has 0 aromatic rings. The first-order valence-electron chi connectivity index (χ1n) is 5.09. The van der Waals surface area contributed by atoms with Crippen molar-refractivity contribution in [2.75, 3.05) is 13.3 Å². The SMILES string of the molecule is CO[C@@H]1O[C@H]([C@@H](O)C[P+]([O-])([O-])[O-])[C@@H](O)[C@H](O)[C@@H]1O. The number of hydrogen-bond acceptors (Lipinski definition) is 9. The smallest absolute Gasteiger partial charge is 0.186 e. The summed E-state index contributed by atoms with van der Waals surface area (Å²) in [7, 11) is -3.86. The molecule has 1 fully saturated rings. The highest BCUT2D eigenvalue weighted by Crippen LogP contribution is 2.32. The zero-order chi connectivity index (χ0) is 14.1. The van der Waals surface area contributed by atoms with Crippen molar-refractivity contribution in [2.45, 2.75) is 36.8 Å². The molecular formula is C8H15O9P-2. The lowest BCUT2D eigenvalue weighted by Gasteiger charge is -2.47. The molecule has 1 saturated heterocycles. The Kier molecular flexibility index (Phi) is 5.39. The van der Waals surface area contributed by atoms with Gasteiger partial charge in [0.2, 0.25) is 0 Å². The number of aliphatic hydroxyl groups is 4. The van der Waals surface area contributed by atoms with Crippen LogP contribution in [0.25, 0.3) is 0 Å². The summed E-state index contributed by atoms with van der Waals surface area (Å²) >= 11 is 0. The molecule has 0 radical (unpaired) electrons. The number of ether oxygens (including phenoxy) is 2. The summed E-state index contributed by atoms with van der Waals surface area (Å²) in [5.74, 6) is 0. The van der Waals surface area contributed by atoms with Crippen molar-refractivity contribution in [1.82, 2.24) is 0 Å². The Morgan fingerprint density at radius 2 is 1.72 bits per heavy atom. The minimum Gasteiger partial charge on any atom is -0.688 e.